The van der Waals surface area contributed by atoms with Gasteiger partial charge in [0.15, 0.2) is 0 Å². The number of nitrogens with two attached hydrogens (primary N) is 1. The predicted octanol–water partition coefficient (Wildman–Crippen LogP) is 3.53. The molecule has 0 bridgehead atoms. The number of carbonyl (C=O) groups excluding carboxylic acids is 1. The average Bonchev–Trinajstić information content (AvgIpc) is 2.23. The molecule has 0 saturated heterocycles. The van der Waals surface area contributed by atoms with E-state index in [-0.39, 0.29) is 18.3 Å². The van der Waals surface area contributed by atoms with Gasteiger partial charge in [0.05, 0.1) is 5.54 Å². The van der Waals surface area contributed by atoms with Gasteiger partial charge in [-0.05, 0) is 38.0 Å². The molecule has 0 spiro atoms. The number of amides is 1. The maximum absolute atomic E-state index is 11.9. The molecule has 0 saturated carbocycles. The molecule has 1 unspecified atom stereocenters. The number of halogens is 2. The molecule has 0 aromatic heterocycles. The van der Waals surface area contributed by atoms with Crippen LogP contribution in [0.15, 0.2) is 18.2 Å². The predicted molar refractivity (Wildman–Crippen MR) is 79.6 cm³/mol. The summed E-state index contributed by atoms with van der Waals surface area (Å²) in [6, 6.07) is 5.42. The zero-order valence-electron chi connectivity index (χ0n) is 10.9. The first-order valence-corrected chi connectivity index (χ1v) is 6.11. The highest BCUT2D eigenvalue weighted by atomic mass is 35.5. The Labute approximate surface area is 119 Å². The summed E-state index contributed by atoms with van der Waals surface area (Å²) in [4.78, 5) is 11.9. The standard InChI is InChI=1S/C13H19ClN2O.ClH/c1-4-7-13(3,15)12(17)16-10-6-5-9(2)11(14)8-10;/h5-6,8H,4,7,15H2,1-3H3,(H,16,17);1H. The number of hydrogen-bond donors (Lipinski definition) is 2. The molecular weight excluding hydrogens is 271 g/mol. The first-order chi connectivity index (χ1) is 7.86. The maximum Gasteiger partial charge on any atom is 0.244 e. The molecule has 1 rings (SSSR count). The summed E-state index contributed by atoms with van der Waals surface area (Å²) in [5.41, 5.74) is 6.76. The molecular formula is C13H20Cl2N2O. The largest absolute Gasteiger partial charge is 0.324 e. The Morgan fingerprint density at radius 1 is 1.50 bits per heavy atom. The normalized spacial score (nSPS) is 13.4. The number of anilines is 1. The van der Waals surface area contributed by atoms with Gasteiger partial charge in [-0.3, -0.25) is 4.79 Å². The number of benzene rings is 1. The monoisotopic (exact) mass is 290 g/mol. The zero-order valence-corrected chi connectivity index (χ0v) is 12.5. The van der Waals surface area contributed by atoms with Gasteiger partial charge in [0.2, 0.25) is 5.91 Å². The molecule has 0 aliphatic carbocycles. The molecule has 1 atom stereocenters. The van der Waals surface area contributed by atoms with Crippen LogP contribution in [-0.4, -0.2) is 11.4 Å². The van der Waals surface area contributed by atoms with Crippen molar-refractivity contribution >= 4 is 35.6 Å². The van der Waals surface area contributed by atoms with E-state index in [0.717, 1.165) is 12.0 Å². The molecule has 0 aliphatic rings. The number of hydrogen-bond acceptors (Lipinski definition) is 2. The first-order valence-electron chi connectivity index (χ1n) is 5.73. The number of carbonyl (C=O) groups is 1. The third kappa shape index (κ3) is 4.48. The number of rotatable bonds is 4. The van der Waals surface area contributed by atoms with E-state index in [1.165, 1.54) is 0 Å². The summed E-state index contributed by atoms with van der Waals surface area (Å²) in [6.07, 6.45) is 1.52. The fraction of sp³-hybridized carbons (Fsp3) is 0.462. The molecule has 18 heavy (non-hydrogen) atoms. The fourth-order valence-corrected chi connectivity index (χ4v) is 1.76. The third-order valence-corrected chi connectivity index (χ3v) is 3.12. The van der Waals surface area contributed by atoms with Gasteiger partial charge in [-0.15, -0.1) is 12.4 Å². The first kappa shape index (κ1) is 17.2. The van der Waals surface area contributed by atoms with Crippen molar-refractivity contribution in [1.29, 1.82) is 0 Å². The second-order valence-electron chi connectivity index (χ2n) is 4.59. The second-order valence-corrected chi connectivity index (χ2v) is 4.99. The average molecular weight is 291 g/mol. The van der Waals surface area contributed by atoms with E-state index in [4.69, 9.17) is 17.3 Å². The fourth-order valence-electron chi connectivity index (χ4n) is 1.58. The van der Waals surface area contributed by atoms with Crippen LogP contribution >= 0.6 is 24.0 Å². The quantitative estimate of drug-likeness (QED) is 0.891. The highest BCUT2D eigenvalue weighted by Crippen LogP contribution is 2.21. The second kappa shape index (κ2) is 6.98. The van der Waals surface area contributed by atoms with E-state index in [1.54, 1.807) is 13.0 Å². The van der Waals surface area contributed by atoms with Gasteiger partial charge in [0.25, 0.3) is 0 Å². The Morgan fingerprint density at radius 2 is 2.11 bits per heavy atom. The Bertz CT molecular complexity index is 419. The molecule has 0 fully saturated rings. The van der Waals surface area contributed by atoms with Crippen LogP contribution in [0.3, 0.4) is 0 Å². The van der Waals surface area contributed by atoms with Crippen molar-refractivity contribution in [2.24, 2.45) is 5.73 Å². The van der Waals surface area contributed by atoms with Crippen molar-refractivity contribution in [3.63, 3.8) is 0 Å². The van der Waals surface area contributed by atoms with Gasteiger partial charge in [0.1, 0.15) is 0 Å². The van der Waals surface area contributed by atoms with Gasteiger partial charge in [-0.1, -0.05) is 31.0 Å². The van der Waals surface area contributed by atoms with Crippen LogP contribution < -0.4 is 11.1 Å². The highest BCUT2D eigenvalue weighted by molar-refractivity contribution is 6.31. The lowest BCUT2D eigenvalue weighted by Gasteiger charge is -2.22. The van der Waals surface area contributed by atoms with Crippen LogP contribution in [0.1, 0.15) is 32.3 Å². The highest BCUT2D eigenvalue weighted by Gasteiger charge is 2.27. The smallest absolute Gasteiger partial charge is 0.244 e. The minimum atomic E-state index is -0.841. The lowest BCUT2D eigenvalue weighted by Crippen LogP contribution is -2.48. The Hall–Kier alpha value is -0.770. The number of aryl methyl sites for hydroxylation is 1. The van der Waals surface area contributed by atoms with E-state index in [0.29, 0.717) is 17.1 Å². The van der Waals surface area contributed by atoms with Crippen molar-refractivity contribution in [3.05, 3.63) is 28.8 Å². The Kier molecular flexibility index (Phi) is 6.68. The van der Waals surface area contributed by atoms with Crippen molar-refractivity contribution in [2.45, 2.75) is 39.2 Å². The molecule has 1 amide bonds. The number of nitrogens with one attached hydrogen (secondary N) is 1. The summed E-state index contributed by atoms with van der Waals surface area (Å²) in [5, 5.41) is 3.42. The van der Waals surface area contributed by atoms with Crippen molar-refractivity contribution in [2.75, 3.05) is 5.32 Å². The molecule has 3 nitrogen and oxygen atoms in total. The molecule has 1 aromatic rings. The summed E-state index contributed by atoms with van der Waals surface area (Å²) >= 11 is 5.99. The van der Waals surface area contributed by atoms with E-state index in [9.17, 15) is 4.79 Å². The third-order valence-electron chi connectivity index (χ3n) is 2.72. The Balaban J connectivity index is 0.00000289. The van der Waals surface area contributed by atoms with Crippen LogP contribution in [0.2, 0.25) is 5.02 Å². The van der Waals surface area contributed by atoms with Gasteiger partial charge in [-0.2, -0.15) is 0 Å². The van der Waals surface area contributed by atoms with Crippen molar-refractivity contribution < 1.29 is 4.79 Å². The van der Waals surface area contributed by atoms with Crippen LogP contribution in [0.4, 0.5) is 5.69 Å². The minimum Gasteiger partial charge on any atom is -0.324 e. The summed E-state index contributed by atoms with van der Waals surface area (Å²) in [5.74, 6) is -0.181. The SMILES string of the molecule is CCCC(C)(N)C(=O)Nc1ccc(C)c(Cl)c1.Cl. The van der Waals surface area contributed by atoms with E-state index < -0.39 is 5.54 Å². The van der Waals surface area contributed by atoms with Crippen LogP contribution in [0.5, 0.6) is 0 Å². The van der Waals surface area contributed by atoms with Crippen LogP contribution in [0, 0.1) is 6.92 Å². The van der Waals surface area contributed by atoms with E-state index in [1.807, 2.05) is 26.0 Å². The van der Waals surface area contributed by atoms with Crippen LogP contribution in [-0.2, 0) is 4.79 Å². The molecule has 1 aromatic carbocycles. The summed E-state index contributed by atoms with van der Waals surface area (Å²) in [7, 11) is 0. The Morgan fingerprint density at radius 3 is 2.61 bits per heavy atom. The van der Waals surface area contributed by atoms with Gasteiger partial charge in [-0.25, -0.2) is 0 Å². The summed E-state index contributed by atoms with van der Waals surface area (Å²) < 4.78 is 0. The molecule has 0 heterocycles. The molecule has 3 N–H and O–H groups in total. The van der Waals surface area contributed by atoms with E-state index in [2.05, 4.69) is 5.32 Å². The van der Waals surface area contributed by atoms with E-state index >= 15 is 0 Å². The van der Waals surface area contributed by atoms with Crippen molar-refractivity contribution in [3.8, 4) is 0 Å². The molecule has 0 aliphatic heterocycles. The zero-order chi connectivity index (χ0) is 13.1. The van der Waals surface area contributed by atoms with Gasteiger partial charge >= 0.3 is 0 Å². The van der Waals surface area contributed by atoms with Gasteiger partial charge in [0, 0.05) is 10.7 Å². The van der Waals surface area contributed by atoms with Crippen LogP contribution in [0.25, 0.3) is 0 Å². The lowest BCUT2D eigenvalue weighted by molar-refractivity contribution is -0.120. The minimum absolute atomic E-state index is 0. The molecule has 5 heteroatoms. The van der Waals surface area contributed by atoms with Crippen molar-refractivity contribution in [1.82, 2.24) is 0 Å². The summed E-state index contributed by atoms with van der Waals surface area (Å²) in [6.45, 7) is 5.65. The maximum atomic E-state index is 11.9. The topological polar surface area (TPSA) is 55.1 Å². The molecule has 0 radical (unpaired) electrons. The molecule has 102 valence electrons. The van der Waals surface area contributed by atoms with Gasteiger partial charge < -0.3 is 11.1 Å². The lowest BCUT2D eigenvalue weighted by atomic mass is 9.96.